The smallest absolute Gasteiger partial charge is 0.269 e. The number of non-ortho nitro benzene ring substituents is 1. The van der Waals surface area contributed by atoms with Gasteiger partial charge in [0, 0.05) is 51.3 Å². The number of carbonyl (C=O) groups excluding carboxylic acids is 1. The molecule has 190 valence electrons. The molecule has 1 saturated heterocycles. The molecule has 0 radical (unpaired) electrons. The van der Waals surface area contributed by atoms with Gasteiger partial charge in [0.2, 0.25) is 11.9 Å². The van der Waals surface area contributed by atoms with Gasteiger partial charge in [-0.1, -0.05) is 39.0 Å². The molecule has 0 spiro atoms. The predicted molar refractivity (Wildman–Crippen MR) is 139 cm³/mol. The molecule has 1 fully saturated rings. The van der Waals surface area contributed by atoms with Gasteiger partial charge in [-0.2, -0.15) is 9.97 Å². The van der Waals surface area contributed by atoms with Gasteiger partial charge in [0.15, 0.2) is 17.0 Å². The number of rotatable bonds is 8. The molecule has 36 heavy (non-hydrogen) atoms. The van der Waals surface area contributed by atoms with Crippen LogP contribution in [0.2, 0.25) is 0 Å². The van der Waals surface area contributed by atoms with Crippen molar-refractivity contribution in [3.63, 3.8) is 0 Å². The van der Waals surface area contributed by atoms with E-state index in [1.54, 1.807) is 24.5 Å². The molecule has 1 aromatic carbocycles. The van der Waals surface area contributed by atoms with E-state index >= 15 is 0 Å². The molecule has 1 aliphatic rings. The second-order valence-corrected chi connectivity index (χ2v) is 10.1. The number of fused-ring (bicyclic) bond motifs is 1. The summed E-state index contributed by atoms with van der Waals surface area (Å²) in [5.74, 6) is 1.36. The number of piperazine rings is 1. The highest BCUT2D eigenvalue weighted by Gasteiger charge is 2.26. The number of nitro benzene ring substituents is 1. The Morgan fingerprint density at radius 2 is 1.86 bits per heavy atom. The Bertz CT molecular complexity index is 1250. The molecular weight excluding hydrogens is 460 g/mol. The van der Waals surface area contributed by atoms with E-state index in [4.69, 9.17) is 9.97 Å². The third-order valence-electron chi connectivity index (χ3n) is 5.96. The third-order valence-corrected chi connectivity index (χ3v) is 5.96. The molecule has 3 heterocycles. The largest absolute Gasteiger partial charge is 0.365 e. The fraction of sp³-hybridized carbons (Fsp3) is 0.440. The summed E-state index contributed by atoms with van der Waals surface area (Å²) in [7, 11) is 0. The van der Waals surface area contributed by atoms with Crippen LogP contribution in [-0.2, 0) is 11.3 Å². The van der Waals surface area contributed by atoms with E-state index in [0.717, 1.165) is 5.56 Å². The van der Waals surface area contributed by atoms with Crippen molar-refractivity contribution in [2.24, 2.45) is 5.41 Å². The van der Waals surface area contributed by atoms with Crippen LogP contribution in [-0.4, -0.2) is 68.0 Å². The van der Waals surface area contributed by atoms with Crippen molar-refractivity contribution in [1.29, 1.82) is 0 Å². The Balaban J connectivity index is 1.58. The molecule has 1 aliphatic heterocycles. The topological polar surface area (TPSA) is 122 Å². The Morgan fingerprint density at radius 1 is 1.17 bits per heavy atom. The van der Waals surface area contributed by atoms with E-state index in [1.165, 1.54) is 12.1 Å². The number of aromatic nitrogens is 4. The lowest BCUT2D eigenvalue weighted by Crippen LogP contribution is -2.49. The van der Waals surface area contributed by atoms with Gasteiger partial charge >= 0.3 is 0 Å². The summed E-state index contributed by atoms with van der Waals surface area (Å²) in [4.78, 5) is 41.3. The molecule has 0 saturated carbocycles. The quantitative estimate of drug-likeness (QED) is 0.288. The Labute approximate surface area is 210 Å². The molecule has 4 rings (SSSR count). The minimum atomic E-state index is -0.413. The van der Waals surface area contributed by atoms with E-state index in [1.807, 2.05) is 9.47 Å². The lowest BCUT2D eigenvalue weighted by atomic mass is 9.91. The number of hydrogen-bond acceptors (Lipinski definition) is 8. The molecule has 1 N–H and O–H groups in total. The Kier molecular flexibility index (Phi) is 7.18. The standard InChI is InChI=1S/C25H32N8O3/c1-5-10-26-22-21-23(32(17-27-21)16-18-6-8-19(9-7-18)33(35)36)29-24(28-22)31-13-11-30(12-14-31)20(34)15-25(2,3)4/h5-9,17H,1,10-16H2,2-4H3,(H,26,28,29). The second-order valence-electron chi connectivity index (χ2n) is 10.1. The van der Waals surface area contributed by atoms with Gasteiger partial charge < -0.3 is 19.7 Å². The zero-order valence-electron chi connectivity index (χ0n) is 21.0. The van der Waals surface area contributed by atoms with Crippen molar-refractivity contribution in [3.05, 3.63) is 58.9 Å². The van der Waals surface area contributed by atoms with Crippen molar-refractivity contribution in [3.8, 4) is 0 Å². The van der Waals surface area contributed by atoms with Crippen molar-refractivity contribution >= 4 is 34.5 Å². The number of anilines is 2. The highest BCUT2D eigenvalue weighted by atomic mass is 16.6. The first-order valence-corrected chi connectivity index (χ1v) is 12.0. The summed E-state index contributed by atoms with van der Waals surface area (Å²) in [6.45, 7) is 13.5. The molecule has 0 aliphatic carbocycles. The molecule has 0 atom stereocenters. The van der Waals surface area contributed by atoms with Crippen LogP contribution in [0.5, 0.6) is 0 Å². The molecular formula is C25H32N8O3. The van der Waals surface area contributed by atoms with Crippen LogP contribution in [0.3, 0.4) is 0 Å². The van der Waals surface area contributed by atoms with Crippen LogP contribution in [0, 0.1) is 15.5 Å². The zero-order chi connectivity index (χ0) is 25.9. The molecule has 11 heteroatoms. The summed E-state index contributed by atoms with van der Waals surface area (Å²) in [6.07, 6.45) is 3.97. The highest BCUT2D eigenvalue weighted by molar-refractivity contribution is 5.84. The number of nitro groups is 1. The fourth-order valence-electron chi connectivity index (χ4n) is 4.12. The predicted octanol–water partition coefficient (Wildman–Crippen LogP) is 3.47. The van der Waals surface area contributed by atoms with Crippen LogP contribution in [0.15, 0.2) is 43.2 Å². The first-order chi connectivity index (χ1) is 17.1. The first kappa shape index (κ1) is 25.1. The number of carbonyl (C=O) groups is 1. The summed E-state index contributed by atoms with van der Waals surface area (Å²) in [5.41, 5.74) is 2.20. The van der Waals surface area contributed by atoms with Crippen LogP contribution in [0.25, 0.3) is 11.2 Å². The van der Waals surface area contributed by atoms with E-state index < -0.39 is 4.92 Å². The highest BCUT2D eigenvalue weighted by Crippen LogP contribution is 2.25. The van der Waals surface area contributed by atoms with Crippen molar-refractivity contribution in [1.82, 2.24) is 24.4 Å². The summed E-state index contributed by atoms with van der Waals surface area (Å²) >= 11 is 0. The van der Waals surface area contributed by atoms with Crippen molar-refractivity contribution < 1.29 is 9.72 Å². The SMILES string of the molecule is C=CCNc1nc(N2CCN(C(=O)CC(C)(C)C)CC2)nc2c1ncn2Cc1ccc([N+](=O)[O-])cc1. The molecule has 1 amide bonds. The molecule has 3 aromatic rings. The second kappa shape index (κ2) is 10.3. The first-order valence-electron chi connectivity index (χ1n) is 12.0. The molecule has 11 nitrogen and oxygen atoms in total. The fourth-order valence-corrected chi connectivity index (χ4v) is 4.12. The van der Waals surface area contributed by atoms with Crippen LogP contribution >= 0.6 is 0 Å². The van der Waals surface area contributed by atoms with E-state index in [0.29, 0.717) is 68.6 Å². The number of nitrogens with zero attached hydrogens (tertiary/aromatic N) is 7. The lowest BCUT2D eigenvalue weighted by Gasteiger charge is -2.36. The van der Waals surface area contributed by atoms with E-state index in [2.05, 4.69) is 42.6 Å². The van der Waals surface area contributed by atoms with Gasteiger partial charge in [0.05, 0.1) is 17.8 Å². The monoisotopic (exact) mass is 492 g/mol. The minimum Gasteiger partial charge on any atom is -0.365 e. The molecule has 0 bridgehead atoms. The van der Waals surface area contributed by atoms with Crippen molar-refractivity contribution in [2.75, 3.05) is 42.9 Å². The average Bonchev–Trinajstić information content (AvgIpc) is 3.24. The Morgan fingerprint density at radius 3 is 2.47 bits per heavy atom. The minimum absolute atomic E-state index is 0.0455. The number of imidazole rings is 1. The van der Waals surface area contributed by atoms with Gasteiger partial charge in [-0.05, 0) is 11.0 Å². The van der Waals surface area contributed by atoms with Crippen LogP contribution in [0.1, 0.15) is 32.8 Å². The van der Waals surface area contributed by atoms with Gasteiger partial charge in [0.1, 0.15) is 0 Å². The van der Waals surface area contributed by atoms with E-state index in [9.17, 15) is 14.9 Å². The number of hydrogen-bond donors (Lipinski definition) is 1. The van der Waals surface area contributed by atoms with Crippen molar-refractivity contribution in [2.45, 2.75) is 33.7 Å². The maximum Gasteiger partial charge on any atom is 0.269 e. The van der Waals surface area contributed by atoms with Gasteiger partial charge in [-0.15, -0.1) is 6.58 Å². The van der Waals surface area contributed by atoms with Gasteiger partial charge in [-0.3, -0.25) is 14.9 Å². The number of amides is 1. The lowest BCUT2D eigenvalue weighted by molar-refractivity contribution is -0.384. The van der Waals surface area contributed by atoms with Gasteiger partial charge in [-0.25, -0.2) is 4.98 Å². The maximum absolute atomic E-state index is 12.7. The Hall–Kier alpha value is -4.02. The summed E-state index contributed by atoms with van der Waals surface area (Å²) in [5, 5.41) is 14.2. The number of nitrogens with one attached hydrogen (secondary N) is 1. The maximum atomic E-state index is 12.7. The normalized spacial score (nSPS) is 14.2. The molecule has 0 unspecified atom stereocenters. The van der Waals surface area contributed by atoms with Crippen LogP contribution in [0.4, 0.5) is 17.5 Å². The van der Waals surface area contributed by atoms with E-state index in [-0.39, 0.29) is 17.0 Å². The number of benzene rings is 1. The summed E-state index contributed by atoms with van der Waals surface area (Å²) < 4.78 is 1.91. The molecule has 2 aromatic heterocycles. The zero-order valence-corrected chi connectivity index (χ0v) is 21.0. The summed E-state index contributed by atoms with van der Waals surface area (Å²) in [6, 6.07) is 6.45. The third kappa shape index (κ3) is 5.78. The van der Waals surface area contributed by atoms with Gasteiger partial charge in [0.25, 0.3) is 5.69 Å². The van der Waals surface area contributed by atoms with Crippen LogP contribution < -0.4 is 10.2 Å². The average molecular weight is 493 g/mol.